The van der Waals surface area contributed by atoms with Crippen LogP contribution in [0.15, 0.2) is 34.5 Å². The molecule has 1 heterocycles. The highest BCUT2D eigenvalue weighted by Crippen LogP contribution is 2.16. The minimum absolute atomic E-state index is 0.0375. The van der Waals surface area contributed by atoms with Gasteiger partial charge in [0.05, 0.1) is 0 Å². The van der Waals surface area contributed by atoms with E-state index in [2.05, 4.69) is 15.6 Å². The number of amidine groups is 1. The van der Waals surface area contributed by atoms with Gasteiger partial charge in [-0.2, -0.15) is 0 Å². The van der Waals surface area contributed by atoms with Crippen LogP contribution in [0.25, 0.3) is 0 Å². The lowest BCUT2D eigenvalue weighted by atomic mass is 10.1. The zero-order chi connectivity index (χ0) is 15.4. The lowest BCUT2D eigenvalue weighted by molar-refractivity contribution is -0.112. The molecule has 1 aliphatic rings. The summed E-state index contributed by atoms with van der Waals surface area (Å²) in [4.78, 5) is 16.7. The largest absolute Gasteiger partial charge is 0.512 e. The van der Waals surface area contributed by atoms with E-state index in [0.29, 0.717) is 18.1 Å². The van der Waals surface area contributed by atoms with Gasteiger partial charge in [0.1, 0.15) is 17.2 Å². The Morgan fingerprint density at radius 1 is 1.33 bits per heavy atom. The highest BCUT2D eigenvalue weighted by Gasteiger charge is 2.21. The topological polar surface area (TPSA) is 73.7 Å². The van der Waals surface area contributed by atoms with E-state index >= 15 is 0 Å². The molecule has 0 fully saturated rings. The standard InChI is InChI=1S/C16H21N3O2/c1-10-5-6-13(9-11(10)2)19-16(21)14(12(3)20)15-17-7-4-8-18-15/h5-6,9,20H,4,7-8H2,1-3H3,(H,17,18)(H,19,21)/b14-12-. The molecule has 0 radical (unpaired) electrons. The van der Waals surface area contributed by atoms with Gasteiger partial charge in [-0.05, 0) is 50.5 Å². The van der Waals surface area contributed by atoms with Gasteiger partial charge in [-0.1, -0.05) is 6.07 Å². The average molecular weight is 287 g/mol. The Kier molecular flexibility index (Phi) is 4.62. The molecule has 21 heavy (non-hydrogen) atoms. The van der Waals surface area contributed by atoms with E-state index in [1.807, 2.05) is 32.0 Å². The van der Waals surface area contributed by atoms with Crippen molar-refractivity contribution in [3.8, 4) is 0 Å². The predicted octanol–water partition coefficient (Wildman–Crippen LogP) is 2.47. The molecular formula is C16H21N3O2. The van der Waals surface area contributed by atoms with Gasteiger partial charge in [-0.15, -0.1) is 0 Å². The number of rotatable bonds is 3. The third-order valence-electron chi connectivity index (χ3n) is 3.49. The smallest absolute Gasteiger partial charge is 0.262 e. The Hall–Kier alpha value is -2.30. The molecule has 0 saturated carbocycles. The molecule has 0 aromatic heterocycles. The van der Waals surface area contributed by atoms with Crippen molar-refractivity contribution >= 4 is 17.4 Å². The number of carbonyl (C=O) groups excluding carboxylic acids is 1. The molecule has 0 saturated heterocycles. The van der Waals surface area contributed by atoms with Gasteiger partial charge in [-0.25, -0.2) is 0 Å². The van der Waals surface area contributed by atoms with Gasteiger partial charge >= 0.3 is 0 Å². The summed E-state index contributed by atoms with van der Waals surface area (Å²) in [6.07, 6.45) is 0.931. The van der Waals surface area contributed by atoms with Gasteiger partial charge in [0.2, 0.25) is 0 Å². The second-order valence-electron chi connectivity index (χ2n) is 5.22. The summed E-state index contributed by atoms with van der Waals surface area (Å²) in [6, 6.07) is 5.71. The first-order chi connectivity index (χ1) is 9.99. The zero-order valence-electron chi connectivity index (χ0n) is 12.7. The van der Waals surface area contributed by atoms with Crippen molar-refractivity contribution in [1.29, 1.82) is 0 Å². The molecule has 0 atom stereocenters. The number of aliphatic imine (C=N–C) groups is 1. The van der Waals surface area contributed by atoms with Crippen LogP contribution in [0, 0.1) is 13.8 Å². The molecule has 3 N–H and O–H groups in total. The summed E-state index contributed by atoms with van der Waals surface area (Å²) >= 11 is 0. The number of hydrogen-bond donors (Lipinski definition) is 3. The fraction of sp³-hybridized carbons (Fsp3) is 0.375. The van der Waals surface area contributed by atoms with Crippen LogP contribution in [0.3, 0.4) is 0 Å². The molecule has 1 aromatic carbocycles. The van der Waals surface area contributed by atoms with Crippen LogP contribution in [0.1, 0.15) is 24.5 Å². The molecule has 5 nitrogen and oxygen atoms in total. The average Bonchev–Trinajstić information content (AvgIpc) is 2.44. The fourth-order valence-corrected chi connectivity index (χ4v) is 2.16. The molecule has 0 spiro atoms. The van der Waals surface area contributed by atoms with Gasteiger partial charge in [0.25, 0.3) is 5.91 Å². The predicted molar refractivity (Wildman–Crippen MR) is 84.8 cm³/mol. The van der Waals surface area contributed by atoms with Crippen molar-refractivity contribution < 1.29 is 9.90 Å². The Bertz CT molecular complexity index is 614. The first-order valence-corrected chi connectivity index (χ1v) is 7.06. The molecule has 112 valence electrons. The molecular weight excluding hydrogens is 266 g/mol. The number of hydrogen-bond acceptors (Lipinski definition) is 4. The van der Waals surface area contributed by atoms with Crippen LogP contribution in [0.5, 0.6) is 0 Å². The third-order valence-corrected chi connectivity index (χ3v) is 3.49. The van der Waals surface area contributed by atoms with Crippen LogP contribution in [-0.2, 0) is 4.79 Å². The molecule has 0 aliphatic carbocycles. The minimum atomic E-state index is -0.355. The number of nitrogens with zero attached hydrogens (tertiary/aromatic N) is 1. The highest BCUT2D eigenvalue weighted by molar-refractivity contribution is 6.25. The number of aryl methyl sites for hydroxylation is 2. The quantitative estimate of drug-likeness (QED) is 0.590. The van der Waals surface area contributed by atoms with E-state index in [-0.39, 0.29) is 17.2 Å². The Balaban J connectivity index is 2.22. The van der Waals surface area contributed by atoms with Gasteiger partial charge in [0, 0.05) is 18.8 Å². The van der Waals surface area contributed by atoms with E-state index in [1.165, 1.54) is 12.5 Å². The fourth-order valence-electron chi connectivity index (χ4n) is 2.16. The van der Waals surface area contributed by atoms with Crippen LogP contribution in [-0.4, -0.2) is 29.9 Å². The number of aliphatic hydroxyl groups excluding tert-OH is 1. The van der Waals surface area contributed by atoms with Crippen molar-refractivity contribution in [2.75, 3.05) is 18.4 Å². The summed E-state index contributed by atoms with van der Waals surface area (Å²) in [5.74, 6) is 0.0680. The molecule has 1 aliphatic heterocycles. The Labute approximate surface area is 124 Å². The summed E-state index contributed by atoms with van der Waals surface area (Å²) in [7, 11) is 0. The number of benzene rings is 1. The van der Waals surface area contributed by atoms with Crippen molar-refractivity contribution in [2.45, 2.75) is 27.2 Å². The lowest BCUT2D eigenvalue weighted by Gasteiger charge is -2.18. The molecule has 0 unspecified atom stereocenters. The van der Waals surface area contributed by atoms with E-state index in [0.717, 1.165) is 18.5 Å². The maximum Gasteiger partial charge on any atom is 0.262 e. The van der Waals surface area contributed by atoms with Crippen molar-refractivity contribution in [2.24, 2.45) is 4.99 Å². The summed E-state index contributed by atoms with van der Waals surface area (Å²) in [6.45, 7) is 6.92. The first-order valence-electron chi connectivity index (χ1n) is 7.06. The van der Waals surface area contributed by atoms with Crippen LogP contribution >= 0.6 is 0 Å². The van der Waals surface area contributed by atoms with Crippen molar-refractivity contribution in [1.82, 2.24) is 5.32 Å². The van der Waals surface area contributed by atoms with Crippen molar-refractivity contribution in [3.63, 3.8) is 0 Å². The lowest BCUT2D eigenvalue weighted by Crippen LogP contribution is -2.36. The van der Waals surface area contributed by atoms with E-state index < -0.39 is 0 Å². The Morgan fingerprint density at radius 3 is 2.67 bits per heavy atom. The molecule has 1 aromatic rings. The SMILES string of the molecule is C/C(O)=C(/C(=O)Nc1ccc(C)c(C)c1)C1=NCCCN1. The summed E-state index contributed by atoms with van der Waals surface area (Å²) < 4.78 is 0. The minimum Gasteiger partial charge on any atom is -0.512 e. The second kappa shape index (κ2) is 6.43. The van der Waals surface area contributed by atoms with Gasteiger partial charge in [0.15, 0.2) is 0 Å². The normalized spacial score (nSPS) is 15.7. The van der Waals surface area contributed by atoms with Crippen molar-refractivity contribution in [3.05, 3.63) is 40.7 Å². The van der Waals surface area contributed by atoms with Gasteiger partial charge in [-0.3, -0.25) is 9.79 Å². The number of anilines is 1. The number of carbonyl (C=O) groups is 1. The molecule has 1 amide bonds. The van der Waals surface area contributed by atoms with Crippen LogP contribution < -0.4 is 10.6 Å². The molecule has 5 heteroatoms. The number of nitrogens with one attached hydrogen (secondary N) is 2. The number of amides is 1. The number of aliphatic hydroxyl groups is 1. The Morgan fingerprint density at radius 2 is 2.10 bits per heavy atom. The zero-order valence-corrected chi connectivity index (χ0v) is 12.7. The third kappa shape index (κ3) is 3.62. The van der Waals surface area contributed by atoms with E-state index in [9.17, 15) is 9.90 Å². The van der Waals surface area contributed by atoms with E-state index in [4.69, 9.17) is 0 Å². The molecule has 2 rings (SSSR count). The van der Waals surface area contributed by atoms with E-state index in [1.54, 1.807) is 0 Å². The maximum absolute atomic E-state index is 12.4. The monoisotopic (exact) mass is 287 g/mol. The van der Waals surface area contributed by atoms with Crippen LogP contribution in [0.2, 0.25) is 0 Å². The summed E-state index contributed by atoms with van der Waals surface area (Å²) in [5.41, 5.74) is 3.18. The second-order valence-corrected chi connectivity index (χ2v) is 5.22. The van der Waals surface area contributed by atoms with Gasteiger partial charge < -0.3 is 15.7 Å². The highest BCUT2D eigenvalue weighted by atomic mass is 16.3. The molecule has 0 bridgehead atoms. The van der Waals surface area contributed by atoms with Crippen LogP contribution in [0.4, 0.5) is 5.69 Å². The maximum atomic E-state index is 12.4. The summed E-state index contributed by atoms with van der Waals surface area (Å²) in [5, 5.41) is 15.7. The number of allylic oxidation sites excluding steroid dienone is 1. The first kappa shape index (κ1) is 15.1.